The van der Waals surface area contributed by atoms with Crippen LogP contribution in [-0.4, -0.2) is 47.7 Å². The fourth-order valence-electron chi connectivity index (χ4n) is 3.25. The number of aryl methyl sites for hydroxylation is 1. The Bertz CT molecular complexity index is 627. The Balaban J connectivity index is 2.35. The van der Waals surface area contributed by atoms with Crippen molar-refractivity contribution < 1.29 is 13.9 Å². The van der Waals surface area contributed by atoms with Crippen molar-refractivity contribution in [1.82, 2.24) is 10.2 Å². The van der Waals surface area contributed by atoms with Crippen LogP contribution >= 0.6 is 0 Å². The Morgan fingerprint density at radius 1 is 1.36 bits per heavy atom. The van der Waals surface area contributed by atoms with Crippen LogP contribution in [0.5, 0.6) is 0 Å². The van der Waals surface area contributed by atoms with Crippen molar-refractivity contribution in [2.45, 2.75) is 65.1 Å². The summed E-state index contributed by atoms with van der Waals surface area (Å²) >= 11 is 0. The fourth-order valence-corrected chi connectivity index (χ4v) is 3.25. The zero-order valence-corrected chi connectivity index (χ0v) is 16.3. The molecule has 0 bridgehead atoms. The van der Waals surface area contributed by atoms with Gasteiger partial charge in [0, 0.05) is 32.1 Å². The number of hydrogen-bond donors (Lipinski definition) is 1. The highest BCUT2D eigenvalue weighted by Gasteiger charge is 2.44. The maximum absolute atomic E-state index is 14.4. The minimum Gasteiger partial charge on any atom is -0.459 e. The van der Waals surface area contributed by atoms with E-state index in [1.165, 1.54) is 6.07 Å². The lowest BCUT2D eigenvalue weighted by Crippen LogP contribution is -2.63. The van der Waals surface area contributed by atoms with Crippen molar-refractivity contribution in [2.24, 2.45) is 0 Å². The van der Waals surface area contributed by atoms with Crippen LogP contribution in [0, 0.1) is 12.7 Å². The summed E-state index contributed by atoms with van der Waals surface area (Å²) in [6.07, 6.45) is 0.292. The van der Waals surface area contributed by atoms with Gasteiger partial charge in [-0.3, -0.25) is 9.69 Å². The number of benzene rings is 1. The molecule has 1 fully saturated rings. The Morgan fingerprint density at radius 3 is 2.60 bits per heavy atom. The number of ether oxygens (including phenoxy) is 1. The molecular weight excluding hydrogens is 319 g/mol. The molecule has 0 unspecified atom stereocenters. The number of carbonyl (C=O) groups excluding carboxylic acids is 1. The van der Waals surface area contributed by atoms with E-state index in [4.69, 9.17) is 4.74 Å². The number of nitrogens with zero attached hydrogens (tertiary/aromatic N) is 1. The van der Waals surface area contributed by atoms with E-state index in [0.717, 1.165) is 25.2 Å². The molecule has 4 nitrogen and oxygen atoms in total. The summed E-state index contributed by atoms with van der Waals surface area (Å²) in [7, 11) is 0. The second-order valence-corrected chi connectivity index (χ2v) is 8.35. The molecule has 140 valence electrons. The molecule has 1 aromatic rings. The van der Waals surface area contributed by atoms with Gasteiger partial charge in [-0.1, -0.05) is 12.1 Å². The average molecular weight is 350 g/mol. The van der Waals surface area contributed by atoms with Crippen LogP contribution < -0.4 is 5.32 Å². The standard InChI is InChI=1S/C20H31FN2O2/c1-14-7-8-16(17(21)11-14)12-20(6,18(24)25-19(3,4)5)23-10-9-22-15(2)13-23/h7-8,11,15,22H,9-10,12-13H2,1-6H3/t15-,20-/m0/s1. The predicted molar refractivity (Wildman–Crippen MR) is 98.1 cm³/mol. The third-order valence-electron chi connectivity index (χ3n) is 4.65. The molecular formula is C20H31FN2O2. The molecule has 0 aliphatic carbocycles. The van der Waals surface area contributed by atoms with Gasteiger partial charge in [0.05, 0.1) is 0 Å². The Morgan fingerprint density at radius 2 is 2.04 bits per heavy atom. The molecule has 2 rings (SSSR count). The first-order chi connectivity index (χ1) is 11.5. The molecule has 0 aromatic heterocycles. The van der Waals surface area contributed by atoms with Gasteiger partial charge < -0.3 is 10.1 Å². The van der Waals surface area contributed by atoms with Gasteiger partial charge in [-0.15, -0.1) is 0 Å². The SMILES string of the molecule is Cc1ccc(C[C@@](C)(C(=O)OC(C)(C)C)N2CCN[C@@H](C)C2)c(F)c1. The molecule has 5 heteroatoms. The van der Waals surface area contributed by atoms with Crippen molar-refractivity contribution >= 4 is 5.97 Å². The first-order valence-electron chi connectivity index (χ1n) is 8.98. The summed E-state index contributed by atoms with van der Waals surface area (Å²) in [6, 6.07) is 5.46. The first kappa shape index (κ1) is 19.9. The van der Waals surface area contributed by atoms with Gasteiger partial charge in [0.25, 0.3) is 0 Å². The summed E-state index contributed by atoms with van der Waals surface area (Å²) in [4.78, 5) is 15.2. The van der Waals surface area contributed by atoms with E-state index in [1.807, 2.05) is 40.7 Å². The highest BCUT2D eigenvalue weighted by molar-refractivity contribution is 5.81. The minimum absolute atomic E-state index is 0.266. The van der Waals surface area contributed by atoms with Gasteiger partial charge in [-0.25, -0.2) is 4.39 Å². The molecule has 1 aliphatic rings. The molecule has 25 heavy (non-hydrogen) atoms. The van der Waals surface area contributed by atoms with Gasteiger partial charge >= 0.3 is 5.97 Å². The second kappa shape index (κ2) is 7.42. The van der Waals surface area contributed by atoms with Crippen LogP contribution in [0.15, 0.2) is 18.2 Å². The molecule has 1 saturated heterocycles. The number of halogens is 1. The van der Waals surface area contributed by atoms with Crippen molar-refractivity contribution in [2.75, 3.05) is 19.6 Å². The lowest BCUT2D eigenvalue weighted by Gasteiger charge is -2.44. The van der Waals surface area contributed by atoms with Gasteiger partial charge in [0.2, 0.25) is 0 Å². The third-order valence-corrected chi connectivity index (χ3v) is 4.65. The van der Waals surface area contributed by atoms with E-state index in [2.05, 4.69) is 17.1 Å². The van der Waals surface area contributed by atoms with Crippen molar-refractivity contribution in [3.63, 3.8) is 0 Å². The molecule has 2 atom stereocenters. The normalized spacial score (nSPS) is 21.6. The van der Waals surface area contributed by atoms with Crippen LogP contribution in [0.1, 0.15) is 45.7 Å². The molecule has 1 N–H and O–H groups in total. The number of hydrogen-bond acceptors (Lipinski definition) is 4. The summed E-state index contributed by atoms with van der Waals surface area (Å²) in [5.74, 6) is -0.563. The molecule has 0 saturated carbocycles. The van der Waals surface area contributed by atoms with Crippen LogP contribution in [0.4, 0.5) is 4.39 Å². The van der Waals surface area contributed by atoms with Crippen LogP contribution in [0.2, 0.25) is 0 Å². The van der Waals surface area contributed by atoms with E-state index in [1.54, 1.807) is 6.07 Å². The molecule has 1 aromatic carbocycles. The Hall–Kier alpha value is -1.46. The number of carbonyl (C=O) groups is 1. The summed E-state index contributed by atoms with van der Waals surface area (Å²) in [6.45, 7) is 13.7. The second-order valence-electron chi connectivity index (χ2n) is 8.35. The molecule has 0 amide bonds. The van der Waals surface area contributed by atoms with Gasteiger partial charge in [-0.2, -0.15) is 0 Å². The maximum Gasteiger partial charge on any atom is 0.327 e. The van der Waals surface area contributed by atoms with E-state index in [0.29, 0.717) is 12.0 Å². The maximum atomic E-state index is 14.4. The molecule has 0 spiro atoms. The van der Waals surface area contributed by atoms with Crippen molar-refractivity contribution in [3.05, 3.63) is 35.1 Å². The number of rotatable bonds is 4. The van der Waals surface area contributed by atoms with Gasteiger partial charge in [0.15, 0.2) is 0 Å². The number of esters is 1. The van der Waals surface area contributed by atoms with Crippen molar-refractivity contribution in [1.29, 1.82) is 0 Å². The predicted octanol–water partition coefficient (Wildman–Crippen LogP) is 3.07. The Labute approximate surface area is 150 Å². The minimum atomic E-state index is -0.903. The van der Waals surface area contributed by atoms with Gasteiger partial charge in [-0.05, 0) is 58.7 Å². The Kier molecular flexibility index (Phi) is 5.89. The molecule has 1 aliphatic heterocycles. The fraction of sp³-hybridized carbons (Fsp3) is 0.650. The summed E-state index contributed by atoms with van der Waals surface area (Å²) in [5, 5.41) is 3.39. The highest BCUT2D eigenvalue weighted by Crippen LogP contribution is 2.28. The van der Waals surface area contributed by atoms with Crippen LogP contribution in [0.3, 0.4) is 0 Å². The number of nitrogens with one attached hydrogen (secondary N) is 1. The summed E-state index contributed by atoms with van der Waals surface area (Å²) < 4.78 is 20.1. The zero-order chi connectivity index (χ0) is 18.8. The zero-order valence-electron chi connectivity index (χ0n) is 16.3. The van der Waals surface area contributed by atoms with Crippen molar-refractivity contribution in [3.8, 4) is 0 Å². The lowest BCUT2D eigenvalue weighted by atomic mass is 9.88. The van der Waals surface area contributed by atoms with Crippen LogP contribution in [0.25, 0.3) is 0 Å². The van der Waals surface area contributed by atoms with Gasteiger partial charge in [0.1, 0.15) is 17.0 Å². The number of piperazine rings is 1. The molecule has 1 heterocycles. The average Bonchev–Trinajstić information content (AvgIpc) is 2.48. The van der Waals surface area contributed by atoms with E-state index in [-0.39, 0.29) is 17.8 Å². The van der Waals surface area contributed by atoms with E-state index >= 15 is 0 Å². The monoisotopic (exact) mass is 350 g/mol. The quantitative estimate of drug-likeness (QED) is 0.848. The summed E-state index contributed by atoms with van der Waals surface area (Å²) in [5.41, 5.74) is -0.0648. The third kappa shape index (κ3) is 5.02. The first-order valence-corrected chi connectivity index (χ1v) is 8.98. The lowest BCUT2D eigenvalue weighted by molar-refractivity contribution is -0.170. The van der Waals surface area contributed by atoms with E-state index in [9.17, 15) is 9.18 Å². The highest BCUT2D eigenvalue weighted by atomic mass is 19.1. The smallest absolute Gasteiger partial charge is 0.327 e. The van der Waals surface area contributed by atoms with E-state index < -0.39 is 11.1 Å². The topological polar surface area (TPSA) is 41.6 Å². The van der Waals surface area contributed by atoms with Crippen LogP contribution in [-0.2, 0) is 16.0 Å². The largest absolute Gasteiger partial charge is 0.459 e. The molecule has 0 radical (unpaired) electrons.